The Morgan fingerprint density at radius 2 is 1.75 bits per heavy atom. The van der Waals surface area contributed by atoms with Gasteiger partial charge in [0.15, 0.2) is 5.96 Å². The van der Waals surface area contributed by atoms with Gasteiger partial charge in [0.25, 0.3) is 0 Å². The van der Waals surface area contributed by atoms with E-state index in [0.29, 0.717) is 19.0 Å². The number of nitrogens with zero attached hydrogens (tertiary/aromatic N) is 2. The minimum atomic E-state index is 0.235. The molecule has 0 aromatic heterocycles. The predicted octanol–water partition coefficient (Wildman–Crippen LogP) is 3.69. The van der Waals surface area contributed by atoms with Crippen molar-refractivity contribution in [1.29, 1.82) is 0 Å². The minimum absolute atomic E-state index is 0.235. The van der Waals surface area contributed by atoms with Crippen LogP contribution in [0.15, 0.2) is 29.3 Å². The third-order valence-corrected chi connectivity index (χ3v) is 5.88. The van der Waals surface area contributed by atoms with Gasteiger partial charge in [-0.1, -0.05) is 38.1 Å². The van der Waals surface area contributed by atoms with E-state index in [9.17, 15) is 4.79 Å². The maximum atomic E-state index is 12.5. The number of hydrogen-bond donors (Lipinski definition) is 2. The number of amides is 1. The van der Waals surface area contributed by atoms with Crippen molar-refractivity contribution in [3.05, 3.63) is 35.4 Å². The molecule has 1 aromatic carbocycles. The summed E-state index contributed by atoms with van der Waals surface area (Å²) in [6.45, 7) is 9.82. The van der Waals surface area contributed by atoms with Crippen molar-refractivity contribution in [2.75, 3.05) is 13.1 Å². The van der Waals surface area contributed by atoms with Gasteiger partial charge in [0.05, 0.1) is 0 Å². The molecule has 0 spiro atoms. The van der Waals surface area contributed by atoms with E-state index < -0.39 is 0 Å². The van der Waals surface area contributed by atoms with Crippen molar-refractivity contribution >= 4 is 11.9 Å². The Morgan fingerprint density at radius 1 is 1.11 bits per heavy atom. The quantitative estimate of drug-likeness (QED) is 0.447. The van der Waals surface area contributed by atoms with Gasteiger partial charge < -0.3 is 15.5 Å². The van der Waals surface area contributed by atoms with Crippen LogP contribution in [0.2, 0.25) is 0 Å². The number of hydrogen-bond acceptors (Lipinski definition) is 2. The molecule has 1 heterocycles. The van der Waals surface area contributed by atoms with Crippen molar-refractivity contribution in [3.8, 4) is 0 Å². The SMILES string of the molecule is CCNC(=NCCCC(=O)N1Cc2ccccc2C1)NC1CC(C)CC(C)C1. The summed E-state index contributed by atoms with van der Waals surface area (Å²) in [6, 6.07) is 8.83. The van der Waals surface area contributed by atoms with E-state index in [-0.39, 0.29) is 5.91 Å². The molecule has 3 rings (SSSR count). The largest absolute Gasteiger partial charge is 0.357 e. The van der Waals surface area contributed by atoms with Gasteiger partial charge in [-0.25, -0.2) is 0 Å². The first-order valence-electron chi connectivity index (χ1n) is 10.9. The maximum Gasteiger partial charge on any atom is 0.223 e. The zero-order valence-electron chi connectivity index (χ0n) is 17.7. The molecule has 2 N–H and O–H groups in total. The number of rotatable bonds is 6. The third-order valence-electron chi connectivity index (χ3n) is 5.88. The molecule has 1 fully saturated rings. The highest BCUT2D eigenvalue weighted by molar-refractivity contribution is 5.80. The normalized spacial score (nSPS) is 24.8. The number of aliphatic imine (C=N–C) groups is 1. The van der Waals surface area contributed by atoms with Gasteiger partial charge in [0.2, 0.25) is 5.91 Å². The molecule has 1 aliphatic heterocycles. The topological polar surface area (TPSA) is 56.7 Å². The van der Waals surface area contributed by atoms with Crippen LogP contribution in [-0.4, -0.2) is 35.9 Å². The smallest absolute Gasteiger partial charge is 0.223 e. The molecular weight excluding hydrogens is 348 g/mol. The molecule has 1 aromatic rings. The predicted molar refractivity (Wildman–Crippen MR) is 115 cm³/mol. The molecule has 0 bridgehead atoms. The molecule has 154 valence electrons. The first-order chi connectivity index (χ1) is 13.5. The lowest BCUT2D eigenvalue weighted by Crippen LogP contribution is -2.46. The Labute approximate surface area is 170 Å². The zero-order valence-corrected chi connectivity index (χ0v) is 17.7. The standard InChI is InChI=1S/C23H36N4O/c1-4-24-23(26-21-13-17(2)12-18(3)14-21)25-11-7-10-22(28)27-15-19-8-5-6-9-20(19)16-27/h5-6,8-9,17-18,21H,4,7,10-16H2,1-3H3,(H2,24,25,26). The van der Waals surface area contributed by atoms with Crippen LogP contribution in [0.5, 0.6) is 0 Å². The van der Waals surface area contributed by atoms with Gasteiger partial charge >= 0.3 is 0 Å². The number of fused-ring (bicyclic) bond motifs is 1. The number of benzene rings is 1. The number of carbonyl (C=O) groups is 1. The molecule has 1 saturated carbocycles. The molecule has 2 atom stereocenters. The van der Waals surface area contributed by atoms with Crippen LogP contribution in [0.3, 0.4) is 0 Å². The second-order valence-electron chi connectivity index (χ2n) is 8.64. The molecular formula is C23H36N4O. The summed E-state index contributed by atoms with van der Waals surface area (Å²) < 4.78 is 0. The average molecular weight is 385 g/mol. The van der Waals surface area contributed by atoms with E-state index in [1.165, 1.54) is 30.4 Å². The Morgan fingerprint density at radius 3 is 2.36 bits per heavy atom. The Bertz CT molecular complexity index is 652. The van der Waals surface area contributed by atoms with Crippen molar-refractivity contribution < 1.29 is 4.79 Å². The monoisotopic (exact) mass is 384 g/mol. The van der Waals surface area contributed by atoms with Crippen LogP contribution in [0.4, 0.5) is 0 Å². The van der Waals surface area contributed by atoms with Crippen molar-refractivity contribution in [1.82, 2.24) is 15.5 Å². The van der Waals surface area contributed by atoms with E-state index in [0.717, 1.165) is 43.9 Å². The summed E-state index contributed by atoms with van der Waals surface area (Å²) in [5.74, 6) is 2.67. The first-order valence-corrected chi connectivity index (χ1v) is 10.9. The Hall–Kier alpha value is -2.04. The van der Waals surface area contributed by atoms with E-state index in [1.54, 1.807) is 0 Å². The molecule has 1 amide bonds. The third kappa shape index (κ3) is 5.73. The molecule has 0 saturated heterocycles. The summed E-state index contributed by atoms with van der Waals surface area (Å²) in [5.41, 5.74) is 2.56. The molecule has 5 nitrogen and oxygen atoms in total. The molecule has 28 heavy (non-hydrogen) atoms. The fourth-order valence-electron chi connectivity index (χ4n) is 4.67. The summed E-state index contributed by atoms with van der Waals surface area (Å²) in [7, 11) is 0. The number of guanidine groups is 1. The van der Waals surface area contributed by atoms with E-state index in [4.69, 9.17) is 4.99 Å². The van der Waals surface area contributed by atoms with Crippen molar-refractivity contribution in [2.24, 2.45) is 16.8 Å². The van der Waals surface area contributed by atoms with Gasteiger partial charge in [-0.15, -0.1) is 0 Å². The zero-order chi connectivity index (χ0) is 19.9. The lowest BCUT2D eigenvalue weighted by molar-refractivity contribution is -0.131. The van der Waals surface area contributed by atoms with Gasteiger partial charge in [-0.3, -0.25) is 9.79 Å². The highest BCUT2D eigenvalue weighted by Gasteiger charge is 2.25. The molecule has 2 aliphatic rings. The maximum absolute atomic E-state index is 12.5. The fourth-order valence-corrected chi connectivity index (χ4v) is 4.67. The van der Waals surface area contributed by atoms with E-state index >= 15 is 0 Å². The van der Waals surface area contributed by atoms with Gasteiger partial charge in [0.1, 0.15) is 0 Å². The lowest BCUT2D eigenvalue weighted by atomic mass is 9.80. The van der Waals surface area contributed by atoms with Crippen LogP contribution < -0.4 is 10.6 Å². The van der Waals surface area contributed by atoms with Crippen LogP contribution in [0, 0.1) is 11.8 Å². The highest BCUT2D eigenvalue weighted by atomic mass is 16.2. The fraction of sp³-hybridized carbons (Fsp3) is 0.652. The summed E-state index contributed by atoms with van der Waals surface area (Å²) in [5, 5.41) is 6.97. The van der Waals surface area contributed by atoms with Crippen molar-refractivity contribution in [2.45, 2.75) is 72.0 Å². The molecule has 5 heteroatoms. The summed E-state index contributed by atoms with van der Waals surface area (Å²) >= 11 is 0. The van der Waals surface area contributed by atoms with E-state index in [2.05, 4.69) is 43.5 Å². The van der Waals surface area contributed by atoms with Crippen LogP contribution in [0.25, 0.3) is 0 Å². The molecule has 1 aliphatic carbocycles. The highest BCUT2D eigenvalue weighted by Crippen LogP contribution is 2.28. The van der Waals surface area contributed by atoms with E-state index in [1.807, 2.05) is 17.0 Å². The van der Waals surface area contributed by atoms with Gasteiger partial charge in [-0.2, -0.15) is 0 Å². The number of carbonyl (C=O) groups excluding carboxylic acids is 1. The summed E-state index contributed by atoms with van der Waals surface area (Å²) in [6.07, 6.45) is 5.11. The number of nitrogens with one attached hydrogen (secondary N) is 2. The first kappa shape index (κ1) is 20.7. The Balaban J connectivity index is 1.43. The van der Waals surface area contributed by atoms with Crippen LogP contribution in [-0.2, 0) is 17.9 Å². The summed E-state index contributed by atoms with van der Waals surface area (Å²) in [4.78, 5) is 19.2. The van der Waals surface area contributed by atoms with Gasteiger partial charge in [0, 0.05) is 38.6 Å². The van der Waals surface area contributed by atoms with Crippen molar-refractivity contribution in [3.63, 3.8) is 0 Å². The second kappa shape index (κ2) is 9.94. The van der Waals surface area contributed by atoms with Gasteiger partial charge in [-0.05, 0) is 55.6 Å². The van der Waals surface area contributed by atoms with Crippen LogP contribution in [0.1, 0.15) is 64.0 Å². The second-order valence-corrected chi connectivity index (χ2v) is 8.64. The molecule has 2 unspecified atom stereocenters. The molecule has 0 radical (unpaired) electrons. The minimum Gasteiger partial charge on any atom is -0.357 e. The van der Waals surface area contributed by atoms with Crippen LogP contribution >= 0.6 is 0 Å². The Kier molecular flexibility index (Phi) is 7.35. The lowest BCUT2D eigenvalue weighted by Gasteiger charge is -2.32. The average Bonchev–Trinajstić information content (AvgIpc) is 3.08.